The molecule has 0 bridgehead atoms. The summed E-state index contributed by atoms with van der Waals surface area (Å²) in [7, 11) is 0. The zero-order valence-corrected chi connectivity index (χ0v) is 16.7. The molecule has 2 aromatic carbocycles. The minimum atomic E-state index is -0.552. The highest BCUT2D eigenvalue weighted by molar-refractivity contribution is 5.97. The summed E-state index contributed by atoms with van der Waals surface area (Å²) in [6, 6.07) is 19.8. The molecule has 3 rings (SSSR count). The molecule has 0 aliphatic rings. The van der Waals surface area contributed by atoms with Gasteiger partial charge in [-0.25, -0.2) is 4.79 Å². The van der Waals surface area contributed by atoms with E-state index in [1.165, 1.54) is 0 Å². The van der Waals surface area contributed by atoms with E-state index in [0.29, 0.717) is 11.3 Å². The molecule has 0 aliphatic carbocycles. The molecule has 4 amide bonds. The van der Waals surface area contributed by atoms with Crippen LogP contribution in [-0.2, 0) is 4.79 Å². The molecule has 0 spiro atoms. The molecule has 4 N–H and O–H groups in total. The van der Waals surface area contributed by atoms with Crippen LogP contribution in [0.3, 0.4) is 0 Å². The molecule has 1 heterocycles. The van der Waals surface area contributed by atoms with Gasteiger partial charge in [0.05, 0.1) is 5.56 Å². The second-order valence-corrected chi connectivity index (χ2v) is 6.63. The van der Waals surface area contributed by atoms with Crippen molar-refractivity contribution in [2.24, 2.45) is 0 Å². The number of anilines is 1. The molecule has 0 fully saturated rings. The van der Waals surface area contributed by atoms with Crippen LogP contribution in [0.2, 0.25) is 0 Å². The second kappa shape index (κ2) is 9.42. The van der Waals surface area contributed by atoms with E-state index in [2.05, 4.69) is 21.5 Å². The normalized spacial score (nSPS) is 10.2. The first-order chi connectivity index (χ1) is 14.5. The van der Waals surface area contributed by atoms with Crippen LogP contribution >= 0.6 is 0 Å². The number of nitrogens with zero attached hydrogens (tertiary/aromatic N) is 1. The average Bonchev–Trinajstić information content (AvgIpc) is 3.06. The van der Waals surface area contributed by atoms with Gasteiger partial charge in [0.25, 0.3) is 11.8 Å². The first-order valence-corrected chi connectivity index (χ1v) is 9.39. The quantitative estimate of drug-likeness (QED) is 0.491. The number of para-hydroxylation sites is 2. The summed E-state index contributed by atoms with van der Waals surface area (Å²) >= 11 is 0. The Balaban J connectivity index is 1.52. The highest BCUT2D eigenvalue weighted by Crippen LogP contribution is 2.20. The van der Waals surface area contributed by atoms with E-state index in [4.69, 9.17) is 0 Å². The number of nitrogens with one attached hydrogen (secondary N) is 4. The molecule has 0 saturated carbocycles. The number of carbonyl (C=O) groups excluding carboxylic acids is 3. The van der Waals surface area contributed by atoms with Crippen LogP contribution in [0, 0.1) is 13.8 Å². The number of hydrogen-bond acceptors (Lipinski definition) is 3. The average molecular weight is 405 g/mol. The molecule has 3 aromatic rings. The van der Waals surface area contributed by atoms with Gasteiger partial charge in [-0.1, -0.05) is 36.4 Å². The Morgan fingerprint density at radius 2 is 1.50 bits per heavy atom. The topological polar surface area (TPSA) is 104 Å². The maximum absolute atomic E-state index is 12.5. The van der Waals surface area contributed by atoms with Gasteiger partial charge in [-0.15, -0.1) is 0 Å². The first kappa shape index (κ1) is 20.7. The number of rotatable bonds is 5. The molecule has 8 nitrogen and oxygen atoms in total. The van der Waals surface area contributed by atoms with Crippen LogP contribution < -0.4 is 21.5 Å². The van der Waals surface area contributed by atoms with Crippen LogP contribution in [0.25, 0.3) is 5.69 Å². The molecule has 1 aromatic heterocycles. The van der Waals surface area contributed by atoms with E-state index in [9.17, 15) is 14.4 Å². The Morgan fingerprint density at radius 1 is 0.867 bits per heavy atom. The van der Waals surface area contributed by atoms with Gasteiger partial charge in [0.1, 0.15) is 6.54 Å². The lowest BCUT2D eigenvalue weighted by atomic mass is 10.2. The molecule has 154 valence electrons. The largest absolute Gasteiger partial charge is 0.329 e. The van der Waals surface area contributed by atoms with E-state index < -0.39 is 17.8 Å². The molecule has 0 unspecified atom stereocenters. The fourth-order valence-corrected chi connectivity index (χ4v) is 3.06. The molecule has 0 atom stereocenters. The third kappa shape index (κ3) is 5.05. The standard InChI is InChI=1S/C22H23N5O3/c1-15-13-19(16(2)27(15)18-11-7-4-8-12-18)21(29)26-25-20(28)14-23-22(30)24-17-9-5-3-6-10-17/h3-13H,14H2,1-2H3,(H,25,28)(H,26,29)(H2,23,24,30). The summed E-state index contributed by atoms with van der Waals surface area (Å²) in [5, 5.41) is 5.02. The zero-order valence-electron chi connectivity index (χ0n) is 16.7. The number of hydrogen-bond donors (Lipinski definition) is 4. The third-order valence-corrected chi connectivity index (χ3v) is 4.45. The predicted molar refractivity (Wildman–Crippen MR) is 114 cm³/mol. The first-order valence-electron chi connectivity index (χ1n) is 9.39. The fourth-order valence-electron chi connectivity index (χ4n) is 3.06. The lowest BCUT2D eigenvalue weighted by molar-refractivity contribution is -0.120. The molecule has 8 heteroatoms. The number of urea groups is 1. The van der Waals surface area contributed by atoms with Crippen molar-refractivity contribution in [3.8, 4) is 5.69 Å². The van der Waals surface area contributed by atoms with Crippen molar-refractivity contribution in [2.75, 3.05) is 11.9 Å². The van der Waals surface area contributed by atoms with Gasteiger partial charge >= 0.3 is 6.03 Å². The van der Waals surface area contributed by atoms with Crippen LogP contribution in [-0.4, -0.2) is 29.0 Å². The number of hydrazine groups is 1. The smallest absolute Gasteiger partial charge is 0.319 e. The van der Waals surface area contributed by atoms with Gasteiger partial charge in [0.15, 0.2) is 0 Å². The lowest BCUT2D eigenvalue weighted by Crippen LogP contribution is -2.47. The van der Waals surface area contributed by atoms with Crippen molar-refractivity contribution < 1.29 is 14.4 Å². The summed E-state index contributed by atoms with van der Waals surface area (Å²) in [6.45, 7) is 3.46. The van der Waals surface area contributed by atoms with Crippen molar-refractivity contribution in [3.05, 3.63) is 83.7 Å². The summed E-state index contributed by atoms with van der Waals surface area (Å²) in [4.78, 5) is 36.3. The van der Waals surface area contributed by atoms with E-state index in [1.54, 1.807) is 30.3 Å². The van der Waals surface area contributed by atoms with E-state index in [-0.39, 0.29) is 6.54 Å². The SMILES string of the molecule is Cc1cc(C(=O)NNC(=O)CNC(=O)Nc2ccccc2)c(C)n1-c1ccccc1. The van der Waals surface area contributed by atoms with Gasteiger partial charge < -0.3 is 15.2 Å². The maximum Gasteiger partial charge on any atom is 0.319 e. The van der Waals surface area contributed by atoms with Gasteiger partial charge in [-0.3, -0.25) is 20.4 Å². The molecule has 0 radical (unpaired) electrons. The lowest BCUT2D eigenvalue weighted by Gasteiger charge is -2.11. The molecule has 0 saturated heterocycles. The number of aromatic nitrogens is 1. The second-order valence-electron chi connectivity index (χ2n) is 6.63. The number of benzene rings is 2. The molecule has 30 heavy (non-hydrogen) atoms. The molecular weight excluding hydrogens is 382 g/mol. The van der Waals surface area contributed by atoms with E-state index in [0.717, 1.165) is 17.1 Å². The van der Waals surface area contributed by atoms with Gasteiger partial charge in [-0.2, -0.15) is 0 Å². The molecular formula is C22H23N5O3. The Labute approximate surface area is 174 Å². The third-order valence-electron chi connectivity index (χ3n) is 4.45. The maximum atomic E-state index is 12.5. The van der Waals surface area contributed by atoms with Crippen LogP contribution in [0.15, 0.2) is 66.7 Å². The Hall–Kier alpha value is -4.07. The fraction of sp³-hybridized carbons (Fsp3) is 0.136. The van der Waals surface area contributed by atoms with Crippen molar-refractivity contribution in [2.45, 2.75) is 13.8 Å². The monoisotopic (exact) mass is 405 g/mol. The Bertz CT molecular complexity index is 1050. The summed E-state index contributed by atoms with van der Waals surface area (Å²) < 4.78 is 1.96. The van der Waals surface area contributed by atoms with Crippen molar-refractivity contribution in [1.29, 1.82) is 0 Å². The predicted octanol–water partition coefficient (Wildman–Crippen LogP) is 2.68. The van der Waals surface area contributed by atoms with E-state index in [1.807, 2.05) is 54.8 Å². The van der Waals surface area contributed by atoms with E-state index >= 15 is 0 Å². The van der Waals surface area contributed by atoms with Crippen molar-refractivity contribution >= 4 is 23.5 Å². The highest BCUT2D eigenvalue weighted by atomic mass is 16.2. The molecule has 0 aliphatic heterocycles. The number of carbonyl (C=O) groups is 3. The summed E-state index contributed by atoms with van der Waals surface area (Å²) in [6.07, 6.45) is 0. The number of aryl methyl sites for hydroxylation is 1. The summed E-state index contributed by atoms with van der Waals surface area (Å²) in [5.41, 5.74) is 8.35. The van der Waals surface area contributed by atoms with Crippen LogP contribution in [0.4, 0.5) is 10.5 Å². The number of amides is 4. The summed E-state index contributed by atoms with van der Waals surface area (Å²) in [5.74, 6) is -0.990. The highest BCUT2D eigenvalue weighted by Gasteiger charge is 2.17. The minimum absolute atomic E-state index is 0.290. The minimum Gasteiger partial charge on any atom is -0.329 e. The van der Waals surface area contributed by atoms with Crippen LogP contribution in [0.1, 0.15) is 21.7 Å². The Kier molecular flexibility index (Phi) is 6.49. The Morgan fingerprint density at radius 3 is 2.17 bits per heavy atom. The van der Waals surface area contributed by atoms with Crippen molar-refractivity contribution in [1.82, 2.24) is 20.7 Å². The van der Waals surface area contributed by atoms with Crippen LogP contribution in [0.5, 0.6) is 0 Å². The zero-order chi connectivity index (χ0) is 21.5. The van der Waals surface area contributed by atoms with Crippen molar-refractivity contribution in [3.63, 3.8) is 0 Å². The van der Waals surface area contributed by atoms with Gasteiger partial charge in [0, 0.05) is 22.8 Å². The van der Waals surface area contributed by atoms with Gasteiger partial charge in [0.2, 0.25) is 0 Å². The van der Waals surface area contributed by atoms with Gasteiger partial charge in [-0.05, 0) is 44.2 Å².